The lowest BCUT2D eigenvalue weighted by molar-refractivity contribution is 0.0604. The van der Waals surface area contributed by atoms with E-state index in [1.165, 1.54) is 32.7 Å². The molecule has 0 saturated carbocycles. The van der Waals surface area contributed by atoms with Crippen molar-refractivity contribution in [1.29, 1.82) is 0 Å². The summed E-state index contributed by atoms with van der Waals surface area (Å²) in [5, 5.41) is 21.0. The third-order valence-corrected chi connectivity index (χ3v) is 27.3. The second-order valence-corrected chi connectivity index (χ2v) is 36.6. The third-order valence-electron chi connectivity index (χ3n) is 24.7. The zero-order valence-corrected chi connectivity index (χ0v) is 81.7. The van der Waals surface area contributed by atoms with Gasteiger partial charge in [0.25, 0.3) is 47.6 Å². The van der Waals surface area contributed by atoms with Crippen LogP contribution in [-0.4, -0.2) is 141 Å². The largest absolute Gasteiger partial charge is 0.478 e. The molecule has 21 rings (SSSR count). The molecule has 12 heterocycles. The van der Waals surface area contributed by atoms with Gasteiger partial charge in [-0.05, 0) is 202 Å². The number of amides is 5. The maximum atomic E-state index is 14.3. The van der Waals surface area contributed by atoms with E-state index in [0.717, 1.165) is 80.6 Å². The van der Waals surface area contributed by atoms with Gasteiger partial charge in [-0.1, -0.05) is 121 Å². The molecule has 0 spiro atoms. The van der Waals surface area contributed by atoms with Crippen LogP contribution in [-0.2, 0) is 58.9 Å². The molecule has 0 bridgehead atoms. The van der Waals surface area contributed by atoms with Crippen LogP contribution in [0, 0.1) is 20.8 Å². The van der Waals surface area contributed by atoms with Crippen LogP contribution < -0.4 is 55.5 Å². The van der Waals surface area contributed by atoms with Gasteiger partial charge in [0.15, 0.2) is 16.7 Å². The van der Waals surface area contributed by atoms with Crippen LogP contribution in [0.1, 0.15) is 134 Å². The molecule has 0 aliphatic carbocycles. The second-order valence-electron chi connectivity index (χ2n) is 34.0. The predicted molar refractivity (Wildman–Crippen MR) is 541 cm³/mol. The number of fused-ring (bicyclic) bond motifs is 6. The Morgan fingerprint density at radius 1 is 0.415 bits per heavy atom. The van der Waals surface area contributed by atoms with Gasteiger partial charge < -0.3 is 66.6 Å². The highest BCUT2D eigenvalue weighted by Gasteiger charge is 2.39. The number of nitrogen functional groups attached to an aromatic ring is 3. The molecule has 3 atom stereocenters. The van der Waals surface area contributed by atoms with E-state index >= 15 is 0 Å². The Labute approximate surface area is 833 Å². The molecule has 3 aliphatic heterocycles. The fourth-order valence-corrected chi connectivity index (χ4v) is 18.3. The number of oxazole rings is 3. The Kier molecular flexibility index (Phi) is 27.4. The third kappa shape index (κ3) is 19.7. The van der Waals surface area contributed by atoms with Gasteiger partial charge in [-0.15, -0.1) is 0 Å². The summed E-state index contributed by atoms with van der Waals surface area (Å²) in [6.45, 7) is 13.4. The maximum absolute atomic E-state index is 14.3. The lowest BCUT2D eigenvalue weighted by Crippen LogP contribution is -2.47. The number of benzene rings is 9. The van der Waals surface area contributed by atoms with Crippen molar-refractivity contribution < 1.29 is 47.1 Å². The summed E-state index contributed by atoms with van der Waals surface area (Å²) in [6, 6.07) is 58.7. The Balaban J connectivity index is 0.000000134. The Morgan fingerprint density at radius 3 is 1.07 bits per heavy atom. The lowest BCUT2D eigenvalue weighted by atomic mass is 10.0. The zero-order chi connectivity index (χ0) is 99.6. The molecule has 11 N–H and O–H groups in total. The average Bonchev–Trinajstić information content (AvgIpc) is 1.60. The summed E-state index contributed by atoms with van der Waals surface area (Å²) in [7, 11) is 0. The van der Waals surface area contributed by atoms with Gasteiger partial charge in [0.1, 0.15) is 52.6 Å². The van der Waals surface area contributed by atoms with Crippen LogP contribution in [0.25, 0.3) is 84.1 Å². The summed E-state index contributed by atoms with van der Waals surface area (Å²) in [5.41, 5.74) is 33.8. The molecule has 9 aromatic heterocycles. The van der Waals surface area contributed by atoms with E-state index in [2.05, 4.69) is 114 Å². The number of nitrogens with zero attached hydrogens (tertiary/aromatic N) is 17. The highest BCUT2D eigenvalue weighted by atomic mass is 79.9. The van der Waals surface area contributed by atoms with Crippen molar-refractivity contribution in [3.8, 4) is 50.8 Å². The summed E-state index contributed by atoms with van der Waals surface area (Å²) in [4.78, 5) is 163. The fourth-order valence-electron chi connectivity index (χ4n) is 17.5. The van der Waals surface area contributed by atoms with E-state index in [0.29, 0.717) is 97.2 Å². The number of anilines is 3. The van der Waals surface area contributed by atoms with Crippen molar-refractivity contribution in [3.05, 3.63) is 367 Å². The molecule has 9 aromatic carbocycles. The molecule has 3 aliphatic rings. The fraction of sp³-hybridized carbons (Fsp3) is 0.176. The van der Waals surface area contributed by atoms with Crippen LogP contribution in [0.5, 0.6) is 0 Å². The first-order chi connectivity index (χ1) is 68.5. The molecule has 716 valence electrons. The SMILES string of the molecule is CC1Cn2c(c(C(=O)NCc3ccccc3-c3ccncn3)n(-c3ccc4oc(N)nc4c3)c2=O)CN1.Cc1cc(C(=O)N2Cc3c(C(=O)NCc4ccccc4-c4ccncn4)n(-c4ccc5oc(N)nc5c4)c(=O)n3C[C@@H]2C)ccc1Br.Cc1cc(C(=O)N2Cc3c(C(=O)NCc4ccccc4-c4ccncn4)n(-c4ccc5oc(N)nc5c4)c(=O)n3C[C@H]2C)ccc1Br.Cc1cc(C(=O)O)ccc1Br. The van der Waals surface area contributed by atoms with Crippen molar-refractivity contribution >= 4 is 135 Å². The molecule has 0 fully saturated rings. The van der Waals surface area contributed by atoms with Crippen LogP contribution >= 0.6 is 47.8 Å². The van der Waals surface area contributed by atoms with Crippen LogP contribution in [0.3, 0.4) is 0 Å². The molecule has 0 saturated heterocycles. The average molecular weight is 2100 g/mol. The number of carboxylic acids is 1. The van der Waals surface area contributed by atoms with Gasteiger partial charge in [0, 0.05) is 124 Å². The van der Waals surface area contributed by atoms with E-state index in [1.807, 2.05) is 145 Å². The number of nitrogens with one attached hydrogen (secondary N) is 4. The van der Waals surface area contributed by atoms with Gasteiger partial charge in [0.2, 0.25) is 0 Å². The molecule has 18 aromatic rings. The summed E-state index contributed by atoms with van der Waals surface area (Å²) in [6.07, 6.45) is 9.43. The highest BCUT2D eigenvalue weighted by Crippen LogP contribution is 2.35. The molecular formula is C102H89Br3N24O13. The lowest BCUT2D eigenvalue weighted by Gasteiger charge is -2.34. The van der Waals surface area contributed by atoms with Crippen LogP contribution in [0.15, 0.2) is 279 Å². The molecule has 37 nitrogen and oxygen atoms in total. The quantitative estimate of drug-likeness (QED) is 0.0395. The van der Waals surface area contributed by atoms with Crippen LogP contribution in [0.2, 0.25) is 0 Å². The second kappa shape index (κ2) is 40.8. The van der Waals surface area contributed by atoms with Crippen molar-refractivity contribution in [3.63, 3.8) is 0 Å². The standard InChI is InChI=1S/2C34H29BrN8O4.C26H24N8O3.C8H7BrO2/c2*1-19-13-21(7-9-25(19)35)32(45)41-17-28-30(31(44)38-15-22-5-3-4-6-24(22)26-11-12-37-18-39-26)43(34(46)42(28)16-20(41)2)23-8-10-29-27(14-23)40-33(36)47-29;1-15-13-33-21(12-29-15)23(34(26(33)36)17-6-7-22-20(10-17)32-25(27)37-22)24(35)30-11-16-4-2-3-5-18(16)19-8-9-28-14-31-19;1-5-4-6(8(10)11)2-3-7(5)9/h2*3-14,18,20H,15-17H2,1-2H3,(H2,36,40)(H,38,44);2-10,14-15,29H,11-13H2,1H3,(H2,27,32)(H,30,35);2-4H,1H3,(H,10,11)/t2*20-;;/m10../s1. The minimum Gasteiger partial charge on any atom is -0.478 e. The molecule has 40 heteroatoms. The summed E-state index contributed by atoms with van der Waals surface area (Å²) < 4.78 is 28.0. The van der Waals surface area contributed by atoms with Gasteiger partial charge in [0.05, 0.1) is 69.9 Å². The minimum atomic E-state index is -0.888. The predicted octanol–water partition coefficient (Wildman–Crippen LogP) is 14.4. The van der Waals surface area contributed by atoms with Crippen molar-refractivity contribution in [2.24, 2.45) is 0 Å². The van der Waals surface area contributed by atoms with Gasteiger partial charge >= 0.3 is 23.0 Å². The molecule has 1 unspecified atom stereocenters. The van der Waals surface area contributed by atoms with Crippen molar-refractivity contribution in [2.75, 3.05) is 17.2 Å². The van der Waals surface area contributed by atoms with E-state index in [-0.39, 0.29) is 122 Å². The van der Waals surface area contributed by atoms with Gasteiger partial charge in [-0.3, -0.25) is 51.4 Å². The van der Waals surface area contributed by atoms with Crippen LogP contribution in [0.4, 0.5) is 18.0 Å². The Bertz CT molecular complexity index is 7870. The smallest absolute Gasteiger partial charge is 0.335 e. The number of hydrogen-bond donors (Lipinski definition) is 8. The number of imidazole rings is 3. The number of rotatable bonds is 18. The Morgan fingerprint density at radius 2 is 0.739 bits per heavy atom. The normalized spacial score (nSPS) is 14.1. The van der Waals surface area contributed by atoms with E-state index in [4.69, 9.17) is 35.6 Å². The molecule has 0 radical (unpaired) electrons. The maximum Gasteiger partial charge on any atom is 0.335 e. The first-order valence-electron chi connectivity index (χ1n) is 44.8. The summed E-state index contributed by atoms with van der Waals surface area (Å²) in [5.74, 6) is -2.59. The topological polar surface area (TPSA) is 492 Å². The number of nitrogens with two attached hydrogens (primary N) is 3. The number of carboxylic acid groups (broad SMARTS) is 1. The number of aryl methyl sites for hydroxylation is 3. The molecular weight excluding hydrogens is 2010 g/mol. The highest BCUT2D eigenvalue weighted by molar-refractivity contribution is 9.11. The van der Waals surface area contributed by atoms with E-state index in [9.17, 15) is 43.2 Å². The monoisotopic (exact) mass is 2090 g/mol. The number of halogens is 3. The van der Waals surface area contributed by atoms with Crippen molar-refractivity contribution in [2.45, 2.75) is 119 Å². The van der Waals surface area contributed by atoms with E-state index in [1.54, 1.807) is 139 Å². The van der Waals surface area contributed by atoms with Gasteiger partial charge in [-0.25, -0.2) is 49.1 Å². The Hall–Kier alpha value is -16.7. The van der Waals surface area contributed by atoms with Crippen molar-refractivity contribution in [1.82, 2.24) is 103 Å². The summed E-state index contributed by atoms with van der Waals surface area (Å²) >= 11 is 10.3. The molecule has 142 heavy (non-hydrogen) atoms. The minimum absolute atomic E-state index is 0.00727. The van der Waals surface area contributed by atoms with E-state index < -0.39 is 29.2 Å². The molecule has 5 amide bonds. The number of carbonyl (C=O) groups is 6. The zero-order valence-electron chi connectivity index (χ0n) is 76.9. The number of aromatic carboxylic acids is 1. The number of hydrogen-bond acceptors (Lipinski definition) is 25. The number of aromatic nitrogens is 15. The first kappa shape index (κ1) is 95.6. The first-order valence-corrected chi connectivity index (χ1v) is 47.1. The number of carbonyl (C=O) groups excluding carboxylic acids is 5. The van der Waals surface area contributed by atoms with Gasteiger partial charge in [-0.2, -0.15) is 15.0 Å².